The zero-order valence-corrected chi connectivity index (χ0v) is 20.3. The zero-order chi connectivity index (χ0) is 24.7. The number of benzene rings is 2. The Morgan fingerprint density at radius 3 is 2.43 bits per heavy atom. The van der Waals surface area contributed by atoms with Crippen molar-refractivity contribution >= 4 is 39.0 Å². The third-order valence-electron chi connectivity index (χ3n) is 6.36. The molecular weight excluding hydrogens is 523 g/mol. The molecule has 4 aromatic rings. The van der Waals surface area contributed by atoms with Crippen LogP contribution in [-0.4, -0.2) is 38.5 Å². The molecule has 1 amide bonds. The normalized spacial score (nSPS) is 15.4. The predicted molar refractivity (Wildman–Crippen MR) is 129 cm³/mol. The lowest BCUT2D eigenvalue weighted by Crippen LogP contribution is -2.43. The molecule has 1 fully saturated rings. The highest BCUT2D eigenvalue weighted by molar-refractivity contribution is 9.10. The molecule has 0 unspecified atom stereocenters. The van der Waals surface area contributed by atoms with Crippen molar-refractivity contribution in [1.82, 2.24) is 19.5 Å². The topological polar surface area (TPSA) is 62.5 Å². The first kappa shape index (κ1) is 23.3. The lowest BCUT2D eigenvalue weighted by Gasteiger charge is -2.37. The van der Waals surface area contributed by atoms with Crippen LogP contribution < -0.4 is 5.32 Å². The quantitative estimate of drug-likeness (QED) is 0.347. The SMILES string of the molecule is Cc1cc(F)ccc1Nc1c(C(=O)N2CCC(F)(c3ccc(F)cc3)CC2)cnc2c(Br)cnn12. The number of nitrogens with one attached hydrogen (secondary N) is 1. The van der Waals surface area contributed by atoms with E-state index in [1.165, 1.54) is 47.1 Å². The Morgan fingerprint density at radius 1 is 1.06 bits per heavy atom. The maximum Gasteiger partial charge on any atom is 0.259 e. The number of halogens is 4. The van der Waals surface area contributed by atoms with Crippen LogP contribution in [0.3, 0.4) is 0 Å². The van der Waals surface area contributed by atoms with Crippen LogP contribution in [-0.2, 0) is 5.67 Å². The van der Waals surface area contributed by atoms with Gasteiger partial charge in [-0.05, 0) is 64.3 Å². The summed E-state index contributed by atoms with van der Waals surface area (Å²) in [6.45, 7) is 2.12. The molecule has 3 heterocycles. The Balaban J connectivity index is 1.45. The highest BCUT2D eigenvalue weighted by Gasteiger charge is 2.38. The van der Waals surface area contributed by atoms with Crippen LogP contribution in [0.2, 0.25) is 0 Å². The summed E-state index contributed by atoms with van der Waals surface area (Å²) in [7, 11) is 0. The summed E-state index contributed by atoms with van der Waals surface area (Å²) in [6, 6.07) is 9.70. The van der Waals surface area contributed by atoms with E-state index < -0.39 is 11.5 Å². The summed E-state index contributed by atoms with van der Waals surface area (Å²) in [6.07, 6.45) is 3.21. The number of fused-ring (bicyclic) bond motifs is 1. The number of piperidine rings is 1. The molecule has 6 nitrogen and oxygen atoms in total. The molecule has 10 heteroatoms. The molecule has 0 bridgehead atoms. The summed E-state index contributed by atoms with van der Waals surface area (Å²) in [5, 5.41) is 7.54. The van der Waals surface area contributed by atoms with Gasteiger partial charge in [-0.25, -0.2) is 18.2 Å². The monoisotopic (exact) mass is 543 g/mol. The number of carbonyl (C=O) groups excluding carboxylic acids is 1. The second-order valence-corrected chi connectivity index (χ2v) is 9.45. The van der Waals surface area contributed by atoms with E-state index in [1.54, 1.807) is 24.1 Å². The molecule has 1 N–H and O–H groups in total. The molecule has 0 saturated carbocycles. The van der Waals surface area contributed by atoms with E-state index in [0.29, 0.717) is 32.8 Å². The van der Waals surface area contributed by atoms with Crippen molar-refractivity contribution in [2.45, 2.75) is 25.4 Å². The summed E-state index contributed by atoms with van der Waals surface area (Å²) in [4.78, 5) is 19.5. The maximum absolute atomic E-state index is 15.6. The van der Waals surface area contributed by atoms with Crippen molar-refractivity contribution in [1.29, 1.82) is 0 Å². The molecule has 2 aromatic carbocycles. The fourth-order valence-corrected chi connectivity index (χ4v) is 4.71. The minimum atomic E-state index is -1.63. The van der Waals surface area contributed by atoms with E-state index in [4.69, 9.17) is 0 Å². The summed E-state index contributed by atoms with van der Waals surface area (Å²) < 4.78 is 44.6. The van der Waals surface area contributed by atoms with Crippen molar-refractivity contribution in [2.75, 3.05) is 18.4 Å². The van der Waals surface area contributed by atoms with Gasteiger partial charge < -0.3 is 10.2 Å². The second-order valence-electron chi connectivity index (χ2n) is 8.60. The molecule has 180 valence electrons. The Bertz CT molecular complexity index is 1410. The van der Waals surface area contributed by atoms with Gasteiger partial charge in [-0.3, -0.25) is 4.79 Å². The number of aromatic nitrogens is 3. The average Bonchev–Trinajstić information content (AvgIpc) is 3.22. The molecule has 5 rings (SSSR count). The van der Waals surface area contributed by atoms with Crippen LogP contribution in [0.4, 0.5) is 24.7 Å². The third-order valence-corrected chi connectivity index (χ3v) is 6.92. The van der Waals surface area contributed by atoms with Crippen LogP contribution in [0.25, 0.3) is 5.65 Å². The number of carbonyl (C=O) groups is 1. The highest BCUT2D eigenvalue weighted by atomic mass is 79.9. The van der Waals surface area contributed by atoms with Crippen molar-refractivity contribution in [3.8, 4) is 0 Å². The standard InChI is InChI=1S/C25H21BrF3N5O/c1-15-12-18(28)6-7-21(15)32-22-19(13-30-23-20(26)14-31-34(22)23)24(35)33-10-8-25(29,9-11-33)16-2-4-17(27)5-3-16/h2-7,12-14,32H,8-11H2,1H3. The third kappa shape index (κ3) is 4.38. The highest BCUT2D eigenvalue weighted by Crippen LogP contribution is 2.38. The molecule has 0 aliphatic carbocycles. The number of alkyl halides is 1. The number of aryl methyl sites for hydroxylation is 1. The van der Waals surface area contributed by atoms with Gasteiger partial charge in [0.25, 0.3) is 5.91 Å². The number of hydrogen-bond acceptors (Lipinski definition) is 4. The zero-order valence-electron chi connectivity index (χ0n) is 18.7. The molecule has 0 spiro atoms. The predicted octanol–water partition coefficient (Wildman–Crippen LogP) is 5.92. The number of amides is 1. The molecule has 0 atom stereocenters. The first-order valence-electron chi connectivity index (χ1n) is 11.0. The first-order valence-corrected chi connectivity index (χ1v) is 11.8. The molecule has 2 aromatic heterocycles. The van der Waals surface area contributed by atoms with E-state index in [1.807, 2.05) is 0 Å². The van der Waals surface area contributed by atoms with E-state index >= 15 is 4.39 Å². The first-order chi connectivity index (χ1) is 16.7. The largest absolute Gasteiger partial charge is 0.339 e. The molecule has 1 aliphatic heterocycles. The Hall–Kier alpha value is -3.40. The maximum atomic E-state index is 15.6. The molecule has 0 radical (unpaired) electrons. The summed E-state index contributed by atoms with van der Waals surface area (Å²) in [5.74, 6) is -0.741. The van der Waals surface area contributed by atoms with E-state index in [2.05, 4.69) is 31.3 Å². The van der Waals surface area contributed by atoms with Crippen LogP contribution in [0.15, 0.2) is 59.3 Å². The van der Waals surface area contributed by atoms with Gasteiger partial charge in [-0.2, -0.15) is 9.61 Å². The van der Waals surface area contributed by atoms with Gasteiger partial charge >= 0.3 is 0 Å². The van der Waals surface area contributed by atoms with Gasteiger partial charge in [0.05, 0.1) is 10.7 Å². The van der Waals surface area contributed by atoms with Crippen molar-refractivity contribution < 1.29 is 18.0 Å². The van der Waals surface area contributed by atoms with Crippen LogP contribution in [0.5, 0.6) is 0 Å². The van der Waals surface area contributed by atoms with Crippen molar-refractivity contribution in [3.63, 3.8) is 0 Å². The average molecular weight is 544 g/mol. The van der Waals surface area contributed by atoms with Crippen LogP contribution in [0.1, 0.15) is 34.3 Å². The van der Waals surface area contributed by atoms with Crippen LogP contribution >= 0.6 is 15.9 Å². The Morgan fingerprint density at radius 2 is 1.74 bits per heavy atom. The molecule has 35 heavy (non-hydrogen) atoms. The van der Waals surface area contributed by atoms with Crippen molar-refractivity contribution in [3.05, 3.63) is 87.7 Å². The molecule has 1 saturated heterocycles. The number of rotatable bonds is 4. The lowest BCUT2D eigenvalue weighted by atomic mass is 9.86. The van der Waals surface area contributed by atoms with E-state index in [9.17, 15) is 13.6 Å². The summed E-state index contributed by atoms with van der Waals surface area (Å²) in [5.41, 5.74) is 0.791. The Labute approximate surface area is 207 Å². The van der Waals surface area contributed by atoms with Gasteiger partial charge in [0.1, 0.15) is 28.7 Å². The van der Waals surface area contributed by atoms with Gasteiger partial charge in [0.15, 0.2) is 5.65 Å². The molecular formula is C25H21BrF3N5O. The number of likely N-dealkylation sites (tertiary alicyclic amines) is 1. The summed E-state index contributed by atoms with van der Waals surface area (Å²) >= 11 is 3.40. The van der Waals surface area contributed by atoms with Gasteiger partial charge in [-0.15, -0.1) is 0 Å². The molecule has 1 aliphatic rings. The van der Waals surface area contributed by atoms with Gasteiger partial charge in [0.2, 0.25) is 0 Å². The van der Waals surface area contributed by atoms with Crippen LogP contribution in [0, 0.1) is 18.6 Å². The van der Waals surface area contributed by atoms with E-state index in [0.717, 1.165) is 0 Å². The second kappa shape index (κ2) is 8.99. The van der Waals surface area contributed by atoms with Crippen molar-refractivity contribution in [2.24, 2.45) is 0 Å². The minimum Gasteiger partial charge on any atom is -0.339 e. The van der Waals surface area contributed by atoms with Gasteiger partial charge in [-0.1, -0.05) is 12.1 Å². The number of nitrogens with zero attached hydrogens (tertiary/aromatic N) is 4. The smallest absolute Gasteiger partial charge is 0.259 e. The fourth-order valence-electron chi connectivity index (χ4n) is 4.35. The minimum absolute atomic E-state index is 0.0905. The number of anilines is 2. The lowest BCUT2D eigenvalue weighted by molar-refractivity contribution is 0.0421. The fraction of sp³-hybridized carbons (Fsp3) is 0.240. The number of hydrogen-bond donors (Lipinski definition) is 1. The van der Waals surface area contributed by atoms with Gasteiger partial charge in [0, 0.05) is 37.8 Å². The Kier molecular flexibility index (Phi) is 6.00. The van der Waals surface area contributed by atoms with E-state index in [-0.39, 0.29) is 43.2 Å².